The molecular formula is C10H16N2O3. The van der Waals surface area contributed by atoms with Crippen molar-refractivity contribution in [1.29, 1.82) is 0 Å². The molecule has 0 aromatic heterocycles. The van der Waals surface area contributed by atoms with Gasteiger partial charge in [-0.3, -0.25) is 4.79 Å². The number of carboxylic acid groups (broad SMARTS) is 1. The highest BCUT2D eigenvalue weighted by molar-refractivity contribution is 5.90. The van der Waals surface area contributed by atoms with Crippen LogP contribution in [0.4, 0.5) is 0 Å². The van der Waals surface area contributed by atoms with Gasteiger partial charge < -0.3 is 15.7 Å². The molecule has 0 unspecified atom stereocenters. The molecule has 1 amide bonds. The van der Waals surface area contributed by atoms with E-state index in [9.17, 15) is 9.59 Å². The van der Waals surface area contributed by atoms with Gasteiger partial charge in [0.1, 0.15) is 6.04 Å². The molecule has 3 N–H and O–H groups in total. The van der Waals surface area contributed by atoms with E-state index < -0.39 is 17.4 Å². The first-order valence-electron chi connectivity index (χ1n) is 5.35. The molecule has 1 saturated heterocycles. The highest BCUT2D eigenvalue weighted by atomic mass is 16.4. The van der Waals surface area contributed by atoms with Crippen molar-refractivity contribution in [3.63, 3.8) is 0 Å². The van der Waals surface area contributed by atoms with Crippen LogP contribution in [0, 0.1) is 5.41 Å². The molecule has 2 rings (SSSR count). The van der Waals surface area contributed by atoms with Gasteiger partial charge in [0.05, 0.1) is 5.41 Å². The van der Waals surface area contributed by atoms with Gasteiger partial charge in [-0.25, -0.2) is 4.79 Å². The lowest BCUT2D eigenvalue weighted by Gasteiger charge is -2.25. The zero-order chi connectivity index (χ0) is 11.1. The average molecular weight is 212 g/mol. The number of hydrogen-bond donors (Lipinski definition) is 2. The second-order valence-corrected chi connectivity index (χ2v) is 4.48. The number of nitrogens with two attached hydrogens (primary N) is 1. The minimum Gasteiger partial charge on any atom is -0.480 e. The number of aliphatic carboxylic acids is 1. The lowest BCUT2D eigenvalue weighted by atomic mass is 10.1. The van der Waals surface area contributed by atoms with Crippen molar-refractivity contribution >= 4 is 11.9 Å². The second-order valence-electron chi connectivity index (χ2n) is 4.48. The molecule has 1 aliphatic heterocycles. The molecule has 1 atom stereocenters. The van der Waals surface area contributed by atoms with Crippen LogP contribution in [0.25, 0.3) is 0 Å². The monoisotopic (exact) mass is 212 g/mol. The minimum absolute atomic E-state index is 0.0464. The van der Waals surface area contributed by atoms with Gasteiger partial charge in [-0.1, -0.05) is 0 Å². The lowest BCUT2D eigenvalue weighted by molar-refractivity contribution is -0.150. The van der Waals surface area contributed by atoms with E-state index in [0.29, 0.717) is 19.5 Å². The quantitative estimate of drug-likeness (QED) is 0.678. The highest BCUT2D eigenvalue weighted by Crippen LogP contribution is 2.47. The van der Waals surface area contributed by atoms with Crippen LogP contribution >= 0.6 is 0 Å². The number of carboxylic acids is 1. The van der Waals surface area contributed by atoms with Crippen molar-refractivity contribution < 1.29 is 14.7 Å². The van der Waals surface area contributed by atoms with Gasteiger partial charge in [-0.05, 0) is 25.7 Å². The number of carbonyl (C=O) groups excluding carboxylic acids is 1. The zero-order valence-corrected chi connectivity index (χ0v) is 8.61. The fourth-order valence-electron chi connectivity index (χ4n) is 2.23. The number of amides is 1. The molecule has 1 aliphatic carbocycles. The predicted molar refractivity (Wildman–Crippen MR) is 53.1 cm³/mol. The van der Waals surface area contributed by atoms with Crippen LogP contribution < -0.4 is 5.73 Å². The molecule has 0 bridgehead atoms. The van der Waals surface area contributed by atoms with Crippen LogP contribution in [0.15, 0.2) is 0 Å². The Balaban J connectivity index is 2.10. The Morgan fingerprint density at radius 1 is 1.47 bits per heavy atom. The van der Waals surface area contributed by atoms with Crippen molar-refractivity contribution in [1.82, 2.24) is 4.90 Å². The summed E-state index contributed by atoms with van der Waals surface area (Å²) in [5.74, 6) is -0.941. The van der Waals surface area contributed by atoms with Crippen molar-refractivity contribution in [2.24, 2.45) is 11.1 Å². The maximum atomic E-state index is 12.1. The van der Waals surface area contributed by atoms with E-state index in [0.717, 1.165) is 19.3 Å². The first kappa shape index (κ1) is 10.4. The number of nitrogens with zero attached hydrogens (tertiary/aromatic N) is 1. The van der Waals surface area contributed by atoms with Gasteiger partial charge in [-0.2, -0.15) is 0 Å². The molecule has 5 heteroatoms. The maximum Gasteiger partial charge on any atom is 0.326 e. The summed E-state index contributed by atoms with van der Waals surface area (Å²) in [7, 11) is 0. The van der Waals surface area contributed by atoms with Crippen LogP contribution in [0.2, 0.25) is 0 Å². The van der Waals surface area contributed by atoms with Gasteiger partial charge >= 0.3 is 5.97 Å². The molecule has 0 radical (unpaired) electrons. The van der Waals surface area contributed by atoms with Crippen molar-refractivity contribution in [2.75, 3.05) is 13.1 Å². The van der Waals surface area contributed by atoms with E-state index in [4.69, 9.17) is 10.8 Å². The molecule has 0 spiro atoms. The van der Waals surface area contributed by atoms with Crippen molar-refractivity contribution in [3.05, 3.63) is 0 Å². The van der Waals surface area contributed by atoms with E-state index in [1.54, 1.807) is 0 Å². The molecule has 0 aromatic carbocycles. The normalized spacial score (nSPS) is 27.8. The molecule has 15 heavy (non-hydrogen) atoms. The SMILES string of the molecule is NCC1(C(=O)N2CCC[C@H]2C(=O)O)CC1. The van der Waals surface area contributed by atoms with E-state index in [1.165, 1.54) is 4.90 Å². The fourth-order valence-corrected chi connectivity index (χ4v) is 2.23. The predicted octanol–water partition coefficient (Wildman–Crippen LogP) is -0.199. The zero-order valence-electron chi connectivity index (χ0n) is 8.61. The summed E-state index contributed by atoms with van der Waals surface area (Å²) in [5.41, 5.74) is 5.15. The Labute approximate surface area is 88.2 Å². The number of carbonyl (C=O) groups is 2. The molecule has 2 aliphatic rings. The summed E-state index contributed by atoms with van der Waals surface area (Å²) in [5, 5.41) is 8.97. The van der Waals surface area contributed by atoms with Gasteiger partial charge in [0.2, 0.25) is 5.91 Å². The standard InChI is InChI=1S/C10H16N2O3/c11-6-10(3-4-10)9(15)12-5-1-2-7(12)8(13)14/h7H,1-6,11H2,(H,13,14)/t7-/m0/s1. The summed E-state index contributed by atoms with van der Waals surface area (Å²) in [6.45, 7) is 0.909. The number of likely N-dealkylation sites (tertiary alicyclic amines) is 1. The van der Waals surface area contributed by atoms with E-state index in [-0.39, 0.29) is 5.91 Å². The van der Waals surface area contributed by atoms with Gasteiger partial charge in [0.25, 0.3) is 0 Å². The summed E-state index contributed by atoms with van der Waals surface area (Å²) in [6.07, 6.45) is 2.97. The van der Waals surface area contributed by atoms with Crippen molar-refractivity contribution in [3.8, 4) is 0 Å². The highest BCUT2D eigenvalue weighted by Gasteiger charge is 2.52. The fraction of sp³-hybridized carbons (Fsp3) is 0.800. The molecule has 1 heterocycles. The average Bonchev–Trinajstić information content (AvgIpc) is 2.86. The van der Waals surface area contributed by atoms with Crippen LogP contribution in [0.1, 0.15) is 25.7 Å². The third-order valence-electron chi connectivity index (χ3n) is 3.50. The van der Waals surface area contributed by atoms with Crippen LogP contribution in [-0.2, 0) is 9.59 Å². The van der Waals surface area contributed by atoms with Crippen molar-refractivity contribution in [2.45, 2.75) is 31.7 Å². The minimum atomic E-state index is -0.895. The Kier molecular flexibility index (Phi) is 2.42. The topological polar surface area (TPSA) is 83.6 Å². The summed E-state index contributed by atoms with van der Waals surface area (Å²) in [4.78, 5) is 24.5. The van der Waals surface area contributed by atoms with Gasteiger partial charge in [0.15, 0.2) is 0 Å². The van der Waals surface area contributed by atoms with Crippen LogP contribution in [0.3, 0.4) is 0 Å². The maximum absolute atomic E-state index is 12.1. The Morgan fingerprint density at radius 2 is 2.13 bits per heavy atom. The molecule has 0 aromatic rings. The summed E-state index contributed by atoms with van der Waals surface area (Å²) >= 11 is 0. The van der Waals surface area contributed by atoms with Crippen LogP contribution in [-0.4, -0.2) is 41.0 Å². The number of hydrogen-bond acceptors (Lipinski definition) is 3. The van der Waals surface area contributed by atoms with Gasteiger partial charge in [0, 0.05) is 13.1 Å². The third kappa shape index (κ3) is 1.61. The molecule has 5 nitrogen and oxygen atoms in total. The van der Waals surface area contributed by atoms with Crippen LogP contribution in [0.5, 0.6) is 0 Å². The Morgan fingerprint density at radius 3 is 2.60 bits per heavy atom. The first-order valence-corrected chi connectivity index (χ1v) is 5.35. The largest absolute Gasteiger partial charge is 0.480 e. The van der Waals surface area contributed by atoms with E-state index in [2.05, 4.69) is 0 Å². The number of rotatable bonds is 3. The molecule has 1 saturated carbocycles. The van der Waals surface area contributed by atoms with E-state index >= 15 is 0 Å². The summed E-state index contributed by atoms with van der Waals surface area (Å²) in [6, 6.07) is -0.624. The molecule has 84 valence electrons. The summed E-state index contributed by atoms with van der Waals surface area (Å²) < 4.78 is 0. The van der Waals surface area contributed by atoms with E-state index in [1.807, 2.05) is 0 Å². The van der Waals surface area contributed by atoms with Gasteiger partial charge in [-0.15, -0.1) is 0 Å². The lowest BCUT2D eigenvalue weighted by Crippen LogP contribution is -2.46. The third-order valence-corrected chi connectivity index (χ3v) is 3.50. The smallest absolute Gasteiger partial charge is 0.326 e. The molecular weight excluding hydrogens is 196 g/mol. The molecule has 2 fully saturated rings. The second kappa shape index (κ2) is 3.48. The Bertz CT molecular complexity index is 299. The first-order chi connectivity index (χ1) is 7.10. The Hall–Kier alpha value is -1.10.